The summed E-state index contributed by atoms with van der Waals surface area (Å²) in [5.41, 5.74) is 1.20. The van der Waals surface area contributed by atoms with Crippen LogP contribution in [-0.2, 0) is 16.0 Å². The topological polar surface area (TPSA) is 49.4 Å². The van der Waals surface area contributed by atoms with Gasteiger partial charge in [0.2, 0.25) is 11.8 Å². The molecule has 2 amide bonds. The number of hydrogen-bond donors (Lipinski definition) is 1. The van der Waals surface area contributed by atoms with Crippen molar-refractivity contribution in [2.75, 3.05) is 18.0 Å². The molecule has 0 saturated carbocycles. The SMILES string of the molecule is CC(=O)N(CC(=O)NCCc1ccc(Cl)cc1Cl)c1cccc(F)c1. The first kappa shape index (κ1) is 19.2. The van der Waals surface area contributed by atoms with Gasteiger partial charge in [-0.1, -0.05) is 35.3 Å². The highest BCUT2D eigenvalue weighted by molar-refractivity contribution is 6.35. The highest BCUT2D eigenvalue weighted by Crippen LogP contribution is 2.21. The van der Waals surface area contributed by atoms with Crippen molar-refractivity contribution in [2.45, 2.75) is 13.3 Å². The summed E-state index contributed by atoms with van der Waals surface area (Å²) in [6.45, 7) is 1.49. The molecule has 132 valence electrons. The van der Waals surface area contributed by atoms with Crippen LogP contribution in [0.3, 0.4) is 0 Å². The summed E-state index contributed by atoms with van der Waals surface area (Å²) in [4.78, 5) is 25.1. The van der Waals surface area contributed by atoms with E-state index in [0.717, 1.165) is 5.56 Å². The van der Waals surface area contributed by atoms with Gasteiger partial charge in [-0.25, -0.2) is 4.39 Å². The maximum absolute atomic E-state index is 13.3. The molecule has 0 aliphatic carbocycles. The number of benzene rings is 2. The van der Waals surface area contributed by atoms with Gasteiger partial charge in [-0.3, -0.25) is 9.59 Å². The Morgan fingerprint density at radius 1 is 1.16 bits per heavy atom. The van der Waals surface area contributed by atoms with E-state index in [1.54, 1.807) is 24.3 Å². The molecule has 0 aliphatic heterocycles. The smallest absolute Gasteiger partial charge is 0.240 e. The molecule has 7 heteroatoms. The zero-order valence-corrected chi connectivity index (χ0v) is 15.1. The van der Waals surface area contributed by atoms with Gasteiger partial charge < -0.3 is 10.2 Å². The molecule has 0 bridgehead atoms. The number of nitrogens with zero attached hydrogens (tertiary/aromatic N) is 1. The Kier molecular flexibility index (Phi) is 6.79. The minimum atomic E-state index is -0.471. The van der Waals surface area contributed by atoms with Crippen molar-refractivity contribution < 1.29 is 14.0 Å². The maximum atomic E-state index is 13.3. The number of anilines is 1. The van der Waals surface area contributed by atoms with Gasteiger partial charge >= 0.3 is 0 Å². The molecule has 0 saturated heterocycles. The van der Waals surface area contributed by atoms with E-state index < -0.39 is 5.82 Å². The van der Waals surface area contributed by atoms with Crippen molar-refractivity contribution >= 4 is 40.7 Å². The van der Waals surface area contributed by atoms with E-state index >= 15 is 0 Å². The monoisotopic (exact) mass is 382 g/mol. The molecule has 2 rings (SSSR count). The Hall–Kier alpha value is -2.11. The molecule has 0 unspecified atom stereocenters. The Morgan fingerprint density at radius 2 is 1.92 bits per heavy atom. The quantitative estimate of drug-likeness (QED) is 0.824. The van der Waals surface area contributed by atoms with E-state index in [2.05, 4.69) is 5.32 Å². The van der Waals surface area contributed by atoms with Gasteiger partial charge in [0, 0.05) is 29.2 Å². The zero-order chi connectivity index (χ0) is 18.4. The lowest BCUT2D eigenvalue weighted by molar-refractivity contribution is -0.123. The lowest BCUT2D eigenvalue weighted by atomic mass is 10.1. The summed E-state index contributed by atoms with van der Waals surface area (Å²) in [5, 5.41) is 3.80. The maximum Gasteiger partial charge on any atom is 0.240 e. The van der Waals surface area contributed by atoms with E-state index in [9.17, 15) is 14.0 Å². The van der Waals surface area contributed by atoms with Crippen LogP contribution in [0, 0.1) is 5.82 Å². The number of hydrogen-bond acceptors (Lipinski definition) is 2. The second-order valence-corrected chi connectivity index (χ2v) is 6.26. The average Bonchev–Trinajstić information content (AvgIpc) is 2.54. The summed E-state index contributed by atoms with van der Waals surface area (Å²) in [6.07, 6.45) is 0.530. The van der Waals surface area contributed by atoms with Crippen LogP contribution < -0.4 is 10.2 Å². The van der Waals surface area contributed by atoms with Gasteiger partial charge in [-0.05, 0) is 42.3 Å². The molecule has 0 spiro atoms. The Bertz CT molecular complexity index is 783. The molecule has 0 heterocycles. The van der Waals surface area contributed by atoms with Crippen molar-refractivity contribution in [2.24, 2.45) is 0 Å². The van der Waals surface area contributed by atoms with E-state index in [1.165, 1.54) is 30.0 Å². The summed E-state index contributed by atoms with van der Waals surface area (Å²) in [7, 11) is 0. The Balaban J connectivity index is 1.92. The first-order chi connectivity index (χ1) is 11.9. The molecule has 2 aromatic carbocycles. The molecule has 1 N–H and O–H groups in total. The molecule has 0 radical (unpaired) electrons. The second kappa shape index (κ2) is 8.83. The van der Waals surface area contributed by atoms with E-state index in [0.29, 0.717) is 28.7 Å². The number of nitrogens with one attached hydrogen (secondary N) is 1. The first-order valence-electron chi connectivity index (χ1n) is 7.61. The minimum absolute atomic E-state index is 0.187. The fourth-order valence-electron chi connectivity index (χ4n) is 2.29. The van der Waals surface area contributed by atoms with E-state index in [-0.39, 0.29) is 18.4 Å². The summed E-state index contributed by atoms with van der Waals surface area (Å²) in [5.74, 6) is -1.16. The van der Waals surface area contributed by atoms with Gasteiger partial charge in [-0.2, -0.15) is 0 Å². The van der Waals surface area contributed by atoms with Gasteiger partial charge in [0.25, 0.3) is 0 Å². The molecule has 25 heavy (non-hydrogen) atoms. The van der Waals surface area contributed by atoms with Crippen molar-refractivity contribution in [3.05, 3.63) is 63.9 Å². The number of amides is 2. The third-order valence-electron chi connectivity index (χ3n) is 3.53. The number of halogens is 3. The van der Waals surface area contributed by atoms with Gasteiger partial charge in [-0.15, -0.1) is 0 Å². The summed E-state index contributed by atoms with van der Waals surface area (Å²) in [6, 6.07) is 10.7. The third kappa shape index (κ3) is 5.73. The lowest BCUT2D eigenvalue weighted by Gasteiger charge is -2.20. The van der Waals surface area contributed by atoms with Gasteiger partial charge in [0.1, 0.15) is 12.4 Å². The van der Waals surface area contributed by atoms with Crippen molar-refractivity contribution in [1.29, 1.82) is 0 Å². The lowest BCUT2D eigenvalue weighted by Crippen LogP contribution is -2.40. The summed E-state index contributed by atoms with van der Waals surface area (Å²) < 4.78 is 13.3. The normalized spacial score (nSPS) is 10.4. The fourth-order valence-corrected chi connectivity index (χ4v) is 2.79. The van der Waals surface area contributed by atoms with E-state index in [1.807, 2.05) is 0 Å². The van der Waals surface area contributed by atoms with Crippen molar-refractivity contribution in [3.63, 3.8) is 0 Å². The van der Waals surface area contributed by atoms with Crippen LogP contribution in [0.15, 0.2) is 42.5 Å². The molecule has 0 aromatic heterocycles. The van der Waals surface area contributed by atoms with Crippen LogP contribution in [0.4, 0.5) is 10.1 Å². The minimum Gasteiger partial charge on any atom is -0.354 e. The highest BCUT2D eigenvalue weighted by Gasteiger charge is 2.16. The number of carbonyl (C=O) groups excluding carboxylic acids is 2. The molecule has 4 nitrogen and oxygen atoms in total. The van der Waals surface area contributed by atoms with Crippen LogP contribution in [0.2, 0.25) is 10.0 Å². The van der Waals surface area contributed by atoms with Crippen LogP contribution in [0.1, 0.15) is 12.5 Å². The third-order valence-corrected chi connectivity index (χ3v) is 4.12. The fraction of sp³-hybridized carbons (Fsp3) is 0.222. The van der Waals surface area contributed by atoms with Crippen LogP contribution in [0.25, 0.3) is 0 Å². The Morgan fingerprint density at radius 3 is 2.56 bits per heavy atom. The van der Waals surface area contributed by atoms with Crippen molar-refractivity contribution in [1.82, 2.24) is 5.32 Å². The van der Waals surface area contributed by atoms with Crippen LogP contribution in [0.5, 0.6) is 0 Å². The predicted molar refractivity (Wildman–Crippen MR) is 97.6 cm³/mol. The Labute approximate surface area is 155 Å². The standard InChI is InChI=1S/C18H17Cl2FN2O2/c1-12(24)23(16-4-2-3-15(21)10-16)11-18(25)22-8-7-13-5-6-14(19)9-17(13)20/h2-6,9-10H,7-8,11H2,1H3,(H,22,25). The second-order valence-electron chi connectivity index (χ2n) is 5.42. The molecule has 2 aromatic rings. The first-order valence-corrected chi connectivity index (χ1v) is 8.36. The van der Waals surface area contributed by atoms with Crippen LogP contribution in [-0.4, -0.2) is 24.9 Å². The number of carbonyl (C=O) groups is 2. The highest BCUT2D eigenvalue weighted by atomic mass is 35.5. The zero-order valence-electron chi connectivity index (χ0n) is 13.6. The van der Waals surface area contributed by atoms with Gasteiger partial charge in [0.15, 0.2) is 0 Å². The average molecular weight is 383 g/mol. The molecule has 0 fully saturated rings. The predicted octanol–water partition coefficient (Wildman–Crippen LogP) is 3.84. The van der Waals surface area contributed by atoms with Crippen molar-refractivity contribution in [3.8, 4) is 0 Å². The molecular formula is C18H17Cl2FN2O2. The number of rotatable bonds is 6. The molecule has 0 aliphatic rings. The molecule has 0 atom stereocenters. The largest absolute Gasteiger partial charge is 0.354 e. The van der Waals surface area contributed by atoms with Crippen LogP contribution >= 0.6 is 23.2 Å². The molecular weight excluding hydrogens is 366 g/mol. The van der Waals surface area contributed by atoms with Gasteiger partial charge in [0.05, 0.1) is 0 Å². The summed E-state index contributed by atoms with van der Waals surface area (Å²) >= 11 is 11.9. The van der Waals surface area contributed by atoms with E-state index in [4.69, 9.17) is 23.2 Å².